The van der Waals surface area contributed by atoms with Gasteiger partial charge in [-0.1, -0.05) is 13.8 Å². The monoisotopic (exact) mass is 316 g/mol. The van der Waals surface area contributed by atoms with Gasteiger partial charge in [-0.25, -0.2) is 0 Å². The zero-order valence-corrected chi connectivity index (χ0v) is 14.5. The molecule has 0 N–H and O–H groups in total. The number of aromatic nitrogens is 3. The van der Waals surface area contributed by atoms with E-state index in [-0.39, 0.29) is 5.41 Å². The molecule has 1 amide bonds. The fourth-order valence-corrected chi connectivity index (χ4v) is 4.40. The highest BCUT2D eigenvalue weighted by molar-refractivity contribution is 5.85. The van der Waals surface area contributed by atoms with E-state index >= 15 is 0 Å². The molecule has 3 aliphatic rings. The van der Waals surface area contributed by atoms with Crippen molar-refractivity contribution in [2.75, 3.05) is 13.1 Å². The van der Waals surface area contributed by atoms with Crippen LogP contribution in [0.3, 0.4) is 0 Å². The molecule has 3 heterocycles. The third-order valence-electron chi connectivity index (χ3n) is 6.59. The number of piperidine rings is 1. The van der Waals surface area contributed by atoms with Gasteiger partial charge in [-0.3, -0.25) is 4.79 Å². The largest absolute Gasteiger partial charge is 0.342 e. The summed E-state index contributed by atoms with van der Waals surface area (Å²) in [4.78, 5) is 14.7. The van der Waals surface area contributed by atoms with E-state index in [0.717, 1.165) is 64.0 Å². The Bertz CT molecular complexity index is 609. The average molecular weight is 316 g/mol. The summed E-state index contributed by atoms with van der Waals surface area (Å²) in [5.41, 5.74) is 0.394. The number of carbonyl (C=O) groups excluding carboxylic acids is 1. The summed E-state index contributed by atoms with van der Waals surface area (Å²) in [6.45, 7) is 7.24. The van der Waals surface area contributed by atoms with Crippen molar-refractivity contribution in [3.63, 3.8) is 0 Å². The second-order valence-corrected chi connectivity index (χ2v) is 8.14. The van der Waals surface area contributed by atoms with Crippen LogP contribution in [-0.2, 0) is 24.2 Å². The molecule has 5 heteroatoms. The van der Waals surface area contributed by atoms with Gasteiger partial charge in [0.1, 0.15) is 11.6 Å². The van der Waals surface area contributed by atoms with Crippen LogP contribution in [0.5, 0.6) is 0 Å². The molecule has 2 aliphatic heterocycles. The Morgan fingerprint density at radius 2 is 1.74 bits per heavy atom. The Balaban J connectivity index is 1.42. The molecule has 126 valence electrons. The van der Waals surface area contributed by atoms with E-state index in [4.69, 9.17) is 0 Å². The second kappa shape index (κ2) is 5.32. The van der Waals surface area contributed by atoms with Crippen LogP contribution in [0.15, 0.2) is 0 Å². The minimum atomic E-state index is -0.0160. The van der Waals surface area contributed by atoms with Crippen LogP contribution in [0.4, 0.5) is 0 Å². The molecule has 5 nitrogen and oxygen atoms in total. The molecule has 23 heavy (non-hydrogen) atoms. The summed E-state index contributed by atoms with van der Waals surface area (Å²) < 4.78 is 2.34. The Morgan fingerprint density at radius 3 is 2.39 bits per heavy atom. The van der Waals surface area contributed by atoms with Crippen molar-refractivity contribution in [3.05, 3.63) is 11.6 Å². The lowest BCUT2D eigenvalue weighted by atomic mass is 9.72. The molecule has 0 atom stereocenters. The summed E-state index contributed by atoms with van der Waals surface area (Å²) in [7, 11) is 0. The summed E-state index contributed by atoms with van der Waals surface area (Å²) in [5.74, 6) is 2.71. The predicted molar refractivity (Wildman–Crippen MR) is 87.9 cm³/mol. The van der Waals surface area contributed by atoms with Crippen LogP contribution in [0.2, 0.25) is 0 Å². The van der Waals surface area contributed by atoms with Gasteiger partial charge in [-0.15, -0.1) is 10.2 Å². The van der Waals surface area contributed by atoms with Gasteiger partial charge < -0.3 is 9.47 Å². The molecular formula is C18H28N4O. The lowest BCUT2D eigenvalue weighted by Crippen LogP contribution is -2.45. The summed E-state index contributed by atoms with van der Waals surface area (Å²) in [6.07, 6.45) is 8.91. The first-order chi connectivity index (χ1) is 11.1. The number of likely N-dealkylation sites (tertiary alicyclic amines) is 1. The maximum atomic E-state index is 12.5. The highest BCUT2D eigenvalue weighted by atomic mass is 16.2. The highest BCUT2D eigenvalue weighted by Crippen LogP contribution is 2.48. The fraction of sp³-hybridized carbons (Fsp3) is 0.833. The molecule has 1 aromatic rings. The maximum Gasteiger partial charge on any atom is 0.228 e. The van der Waals surface area contributed by atoms with Crippen LogP contribution in [0.25, 0.3) is 0 Å². The van der Waals surface area contributed by atoms with E-state index in [1.165, 1.54) is 18.7 Å². The van der Waals surface area contributed by atoms with Gasteiger partial charge in [0.25, 0.3) is 0 Å². The predicted octanol–water partition coefficient (Wildman–Crippen LogP) is 2.59. The number of carbonyl (C=O) groups is 1. The standard InChI is InChI=1S/C18H28N4O/c1-3-14-19-20-15-4-5-18(10-13-22(14)15)8-11-21(12-9-18)16(23)17(2)6-7-17/h3-13H2,1-2H3. The second-order valence-electron chi connectivity index (χ2n) is 8.14. The minimum Gasteiger partial charge on any atom is -0.342 e. The highest BCUT2D eigenvalue weighted by Gasteiger charge is 2.48. The van der Waals surface area contributed by atoms with Crippen molar-refractivity contribution >= 4 is 5.91 Å². The lowest BCUT2D eigenvalue weighted by Gasteiger charge is -2.42. The molecule has 0 unspecified atom stereocenters. The molecule has 0 bridgehead atoms. The van der Waals surface area contributed by atoms with Gasteiger partial charge in [0.15, 0.2) is 0 Å². The summed E-state index contributed by atoms with van der Waals surface area (Å²) >= 11 is 0. The minimum absolute atomic E-state index is 0.0160. The van der Waals surface area contributed by atoms with Crippen molar-refractivity contribution in [3.8, 4) is 0 Å². The third kappa shape index (κ3) is 2.58. The quantitative estimate of drug-likeness (QED) is 0.842. The van der Waals surface area contributed by atoms with Crippen molar-refractivity contribution < 1.29 is 4.79 Å². The number of hydrogen-bond donors (Lipinski definition) is 0. The number of nitrogens with zero attached hydrogens (tertiary/aromatic N) is 4. The molecular weight excluding hydrogens is 288 g/mol. The van der Waals surface area contributed by atoms with Crippen LogP contribution < -0.4 is 0 Å². The number of aryl methyl sites for hydroxylation is 2. The first-order valence-corrected chi connectivity index (χ1v) is 9.26. The van der Waals surface area contributed by atoms with Gasteiger partial charge in [-0.2, -0.15) is 0 Å². The molecule has 4 rings (SSSR count). The Hall–Kier alpha value is -1.39. The van der Waals surface area contributed by atoms with E-state index in [2.05, 4.69) is 33.5 Å². The van der Waals surface area contributed by atoms with Crippen LogP contribution in [0.1, 0.15) is 64.0 Å². The third-order valence-corrected chi connectivity index (χ3v) is 6.59. The summed E-state index contributed by atoms with van der Waals surface area (Å²) in [5, 5.41) is 8.72. The number of rotatable bonds is 2. The van der Waals surface area contributed by atoms with E-state index < -0.39 is 0 Å². The van der Waals surface area contributed by atoms with Crippen molar-refractivity contribution in [1.29, 1.82) is 0 Å². The molecule has 0 radical (unpaired) electrons. The number of fused-ring (bicyclic) bond motifs is 1. The Kier molecular flexibility index (Phi) is 3.50. The normalized spacial score (nSPS) is 25.0. The number of amides is 1. The lowest BCUT2D eigenvalue weighted by molar-refractivity contribution is -0.139. The van der Waals surface area contributed by atoms with Crippen LogP contribution in [-0.4, -0.2) is 38.7 Å². The molecule has 1 spiro atoms. The van der Waals surface area contributed by atoms with Gasteiger partial charge in [0.05, 0.1) is 0 Å². The first-order valence-electron chi connectivity index (χ1n) is 9.26. The zero-order chi connectivity index (χ0) is 16.1. The van der Waals surface area contributed by atoms with Gasteiger partial charge >= 0.3 is 0 Å². The molecule has 2 fully saturated rings. The molecule has 1 aliphatic carbocycles. The Labute approximate surface area is 138 Å². The Morgan fingerprint density at radius 1 is 1.04 bits per heavy atom. The molecule has 1 saturated carbocycles. The van der Waals surface area contributed by atoms with Crippen molar-refractivity contribution in [1.82, 2.24) is 19.7 Å². The van der Waals surface area contributed by atoms with Crippen LogP contribution >= 0.6 is 0 Å². The van der Waals surface area contributed by atoms with Gasteiger partial charge in [-0.05, 0) is 43.9 Å². The van der Waals surface area contributed by atoms with E-state index in [0.29, 0.717) is 11.3 Å². The van der Waals surface area contributed by atoms with Crippen LogP contribution in [0, 0.1) is 10.8 Å². The SMILES string of the molecule is CCc1nnc2n1CCC1(CC2)CCN(C(=O)C2(C)CC2)CC1. The van der Waals surface area contributed by atoms with Gasteiger partial charge in [0, 0.05) is 37.9 Å². The van der Waals surface area contributed by atoms with Crippen molar-refractivity contribution in [2.24, 2.45) is 10.8 Å². The maximum absolute atomic E-state index is 12.5. The van der Waals surface area contributed by atoms with E-state index in [1.54, 1.807) is 0 Å². The fourth-order valence-electron chi connectivity index (χ4n) is 4.40. The molecule has 1 saturated heterocycles. The van der Waals surface area contributed by atoms with E-state index in [9.17, 15) is 4.79 Å². The average Bonchev–Trinajstić information content (AvgIpc) is 3.24. The molecule has 0 aromatic carbocycles. The zero-order valence-electron chi connectivity index (χ0n) is 14.5. The smallest absolute Gasteiger partial charge is 0.228 e. The first kappa shape index (κ1) is 15.2. The van der Waals surface area contributed by atoms with Crippen molar-refractivity contribution in [2.45, 2.75) is 71.8 Å². The topological polar surface area (TPSA) is 51.0 Å². The van der Waals surface area contributed by atoms with E-state index in [1.807, 2.05) is 0 Å². The summed E-state index contributed by atoms with van der Waals surface area (Å²) in [6, 6.07) is 0. The number of hydrogen-bond acceptors (Lipinski definition) is 3. The molecule has 1 aromatic heterocycles. The van der Waals surface area contributed by atoms with Gasteiger partial charge in [0.2, 0.25) is 5.91 Å².